The van der Waals surface area contributed by atoms with E-state index < -0.39 is 0 Å². The van der Waals surface area contributed by atoms with Crippen LogP contribution in [-0.4, -0.2) is 13.7 Å². The second kappa shape index (κ2) is 6.62. The average molecular weight is 197 g/mol. The molecule has 0 fully saturated rings. The van der Waals surface area contributed by atoms with Crippen LogP contribution in [0.1, 0.15) is 31.3 Å². The molecule has 0 unspecified atom stereocenters. The highest BCUT2D eigenvalue weighted by Crippen LogP contribution is 2.08. The van der Waals surface area contributed by atoms with Crippen LogP contribution >= 0.6 is 0 Å². The van der Waals surface area contributed by atoms with Crippen molar-refractivity contribution in [1.82, 2.24) is 5.32 Å². The first-order valence-electron chi connectivity index (χ1n) is 5.14. The van der Waals surface area contributed by atoms with Gasteiger partial charge in [-0.3, -0.25) is 0 Å². The highest BCUT2D eigenvalue weighted by molar-refractivity contribution is 5.06. The standard InChI is InChI=1S/C11H19NO2/c1-3-4-7-12-8-10-5-6-11(14-10)9-13-2/h5-6,12H,3-4,7-9H2,1-2H3. The van der Waals surface area contributed by atoms with Crippen LogP contribution in [0, 0.1) is 0 Å². The molecule has 0 aliphatic rings. The molecule has 1 aromatic rings. The summed E-state index contributed by atoms with van der Waals surface area (Å²) in [6.45, 7) is 4.60. The van der Waals surface area contributed by atoms with Gasteiger partial charge in [0.15, 0.2) is 0 Å². The lowest BCUT2D eigenvalue weighted by atomic mass is 10.3. The van der Waals surface area contributed by atoms with Crippen LogP contribution in [0.25, 0.3) is 0 Å². The van der Waals surface area contributed by atoms with Crippen molar-refractivity contribution in [3.8, 4) is 0 Å². The van der Waals surface area contributed by atoms with Crippen LogP contribution in [0.5, 0.6) is 0 Å². The fraction of sp³-hybridized carbons (Fsp3) is 0.636. The van der Waals surface area contributed by atoms with Gasteiger partial charge in [0.05, 0.1) is 6.54 Å². The molecule has 1 rings (SSSR count). The number of methoxy groups -OCH3 is 1. The van der Waals surface area contributed by atoms with Crippen LogP contribution in [0.2, 0.25) is 0 Å². The van der Waals surface area contributed by atoms with Gasteiger partial charge >= 0.3 is 0 Å². The number of nitrogens with one attached hydrogen (secondary N) is 1. The van der Waals surface area contributed by atoms with Gasteiger partial charge in [0.1, 0.15) is 18.1 Å². The molecule has 0 aliphatic heterocycles. The summed E-state index contributed by atoms with van der Waals surface area (Å²) in [4.78, 5) is 0. The second-order valence-corrected chi connectivity index (χ2v) is 3.33. The van der Waals surface area contributed by atoms with E-state index in [9.17, 15) is 0 Å². The molecule has 1 N–H and O–H groups in total. The van der Waals surface area contributed by atoms with Crippen molar-refractivity contribution >= 4 is 0 Å². The molecule has 0 bridgehead atoms. The maximum Gasteiger partial charge on any atom is 0.129 e. The van der Waals surface area contributed by atoms with Crippen LogP contribution in [0.15, 0.2) is 16.5 Å². The monoisotopic (exact) mass is 197 g/mol. The first kappa shape index (κ1) is 11.3. The number of unbranched alkanes of at least 4 members (excludes halogenated alkanes) is 1. The van der Waals surface area contributed by atoms with Gasteiger partial charge < -0.3 is 14.5 Å². The van der Waals surface area contributed by atoms with Crippen LogP contribution < -0.4 is 5.32 Å². The predicted octanol–water partition coefficient (Wildman–Crippen LogP) is 2.32. The Morgan fingerprint density at radius 3 is 2.86 bits per heavy atom. The van der Waals surface area contributed by atoms with Gasteiger partial charge in [-0.15, -0.1) is 0 Å². The maximum absolute atomic E-state index is 5.52. The summed E-state index contributed by atoms with van der Waals surface area (Å²) in [5.41, 5.74) is 0. The van der Waals surface area contributed by atoms with Gasteiger partial charge in [0.25, 0.3) is 0 Å². The minimum atomic E-state index is 0.551. The van der Waals surface area contributed by atoms with E-state index >= 15 is 0 Å². The lowest BCUT2D eigenvalue weighted by Gasteiger charge is -2.00. The van der Waals surface area contributed by atoms with Gasteiger partial charge in [-0.2, -0.15) is 0 Å². The topological polar surface area (TPSA) is 34.4 Å². The Labute approximate surface area is 85.4 Å². The minimum Gasteiger partial charge on any atom is -0.462 e. The van der Waals surface area contributed by atoms with Gasteiger partial charge in [0, 0.05) is 7.11 Å². The van der Waals surface area contributed by atoms with E-state index in [1.54, 1.807) is 7.11 Å². The Balaban J connectivity index is 2.22. The second-order valence-electron chi connectivity index (χ2n) is 3.33. The van der Waals surface area contributed by atoms with Crippen molar-refractivity contribution in [2.45, 2.75) is 32.9 Å². The highest BCUT2D eigenvalue weighted by atomic mass is 16.5. The summed E-state index contributed by atoms with van der Waals surface area (Å²) < 4.78 is 10.5. The zero-order valence-corrected chi connectivity index (χ0v) is 9.01. The Morgan fingerprint density at radius 1 is 1.36 bits per heavy atom. The van der Waals surface area contributed by atoms with E-state index in [4.69, 9.17) is 9.15 Å². The number of hydrogen-bond acceptors (Lipinski definition) is 3. The third kappa shape index (κ3) is 3.94. The Hall–Kier alpha value is -0.800. The molecular weight excluding hydrogens is 178 g/mol. The fourth-order valence-electron chi connectivity index (χ4n) is 1.25. The van der Waals surface area contributed by atoms with Crippen molar-refractivity contribution in [3.05, 3.63) is 23.7 Å². The molecule has 0 saturated heterocycles. The Bertz CT molecular complexity index is 245. The molecule has 0 aromatic carbocycles. The van der Waals surface area contributed by atoms with Crippen LogP contribution in [0.3, 0.4) is 0 Å². The zero-order chi connectivity index (χ0) is 10.2. The summed E-state index contributed by atoms with van der Waals surface area (Å²) in [6.07, 6.45) is 2.44. The van der Waals surface area contributed by atoms with Gasteiger partial charge in [-0.05, 0) is 25.1 Å². The quantitative estimate of drug-likeness (QED) is 0.681. The zero-order valence-electron chi connectivity index (χ0n) is 9.01. The van der Waals surface area contributed by atoms with E-state index in [0.29, 0.717) is 6.61 Å². The molecule has 0 atom stereocenters. The third-order valence-corrected chi connectivity index (χ3v) is 2.01. The van der Waals surface area contributed by atoms with E-state index in [1.165, 1.54) is 12.8 Å². The van der Waals surface area contributed by atoms with Gasteiger partial charge in [0.2, 0.25) is 0 Å². The Morgan fingerprint density at radius 2 is 2.14 bits per heavy atom. The molecule has 0 aliphatic carbocycles. The number of rotatable bonds is 7. The summed E-state index contributed by atoms with van der Waals surface area (Å²) in [7, 11) is 1.67. The summed E-state index contributed by atoms with van der Waals surface area (Å²) in [5.74, 6) is 1.87. The van der Waals surface area contributed by atoms with E-state index in [0.717, 1.165) is 24.6 Å². The molecule has 3 nitrogen and oxygen atoms in total. The number of hydrogen-bond donors (Lipinski definition) is 1. The molecule has 0 spiro atoms. The van der Waals surface area contributed by atoms with Crippen molar-refractivity contribution in [2.75, 3.05) is 13.7 Å². The van der Waals surface area contributed by atoms with Crippen molar-refractivity contribution < 1.29 is 9.15 Å². The van der Waals surface area contributed by atoms with Crippen LogP contribution in [-0.2, 0) is 17.9 Å². The van der Waals surface area contributed by atoms with Crippen molar-refractivity contribution in [2.24, 2.45) is 0 Å². The normalized spacial score (nSPS) is 10.7. The lowest BCUT2D eigenvalue weighted by Crippen LogP contribution is -2.13. The van der Waals surface area contributed by atoms with E-state index in [-0.39, 0.29) is 0 Å². The number of ether oxygens (including phenoxy) is 1. The first-order valence-corrected chi connectivity index (χ1v) is 5.14. The molecule has 0 radical (unpaired) electrons. The maximum atomic E-state index is 5.52. The fourth-order valence-corrected chi connectivity index (χ4v) is 1.25. The molecule has 1 heterocycles. The highest BCUT2D eigenvalue weighted by Gasteiger charge is 2.00. The summed E-state index contributed by atoms with van der Waals surface area (Å²) in [6, 6.07) is 3.95. The first-order chi connectivity index (χ1) is 6.86. The largest absolute Gasteiger partial charge is 0.462 e. The summed E-state index contributed by atoms with van der Waals surface area (Å²) in [5, 5.41) is 3.32. The molecule has 80 valence electrons. The van der Waals surface area contributed by atoms with E-state index in [2.05, 4.69) is 12.2 Å². The molecule has 14 heavy (non-hydrogen) atoms. The minimum absolute atomic E-state index is 0.551. The summed E-state index contributed by atoms with van der Waals surface area (Å²) >= 11 is 0. The molecule has 0 saturated carbocycles. The third-order valence-electron chi connectivity index (χ3n) is 2.01. The smallest absolute Gasteiger partial charge is 0.129 e. The number of furan rings is 1. The lowest BCUT2D eigenvalue weighted by molar-refractivity contribution is 0.162. The van der Waals surface area contributed by atoms with Crippen LogP contribution in [0.4, 0.5) is 0 Å². The predicted molar refractivity (Wildman–Crippen MR) is 56.0 cm³/mol. The molecule has 0 amide bonds. The van der Waals surface area contributed by atoms with Gasteiger partial charge in [-0.1, -0.05) is 13.3 Å². The van der Waals surface area contributed by atoms with Gasteiger partial charge in [-0.25, -0.2) is 0 Å². The SMILES string of the molecule is CCCCNCc1ccc(COC)o1. The van der Waals surface area contributed by atoms with Crippen molar-refractivity contribution in [1.29, 1.82) is 0 Å². The van der Waals surface area contributed by atoms with Crippen molar-refractivity contribution in [3.63, 3.8) is 0 Å². The average Bonchev–Trinajstić information content (AvgIpc) is 2.61. The van der Waals surface area contributed by atoms with E-state index in [1.807, 2.05) is 12.1 Å². The molecule has 1 aromatic heterocycles. The molecule has 3 heteroatoms. The Kier molecular flexibility index (Phi) is 5.33. The molecular formula is C11H19NO2.